The third-order valence-corrected chi connectivity index (χ3v) is 2.57. The zero-order chi connectivity index (χ0) is 8.10. The van der Waals surface area contributed by atoms with Crippen molar-refractivity contribution in [3.63, 3.8) is 0 Å². The zero-order valence-electron chi connectivity index (χ0n) is 6.75. The van der Waals surface area contributed by atoms with Gasteiger partial charge in [0.05, 0.1) is 0 Å². The Bertz CT molecular complexity index is 161. The van der Waals surface area contributed by atoms with E-state index in [-0.39, 0.29) is 5.91 Å². The molecule has 0 aromatic carbocycles. The van der Waals surface area contributed by atoms with Crippen LogP contribution in [0.3, 0.4) is 0 Å². The van der Waals surface area contributed by atoms with Crippen molar-refractivity contribution in [1.82, 2.24) is 4.90 Å². The Morgan fingerprint density at radius 1 is 1.45 bits per heavy atom. The van der Waals surface area contributed by atoms with Crippen molar-refractivity contribution in [2.24, 2.45) is 0 Å². The van der Waals surface area contributed by atoms with Crippen LogP contribution in [0.2, 0.25) is 0 Å². The van der Waals surface area contributed by atoms with Gasteiger partial charge in [-0.3, -0.25) is 4.79 Å². The van der Waals surface area contributed by atoms with Crippen LogP contribution in [0, 0.1) is 0 Å². The highest BCUT2D eigenvalue weighted by Gasteiger charge is 2.13. The lowest BCUT2D eigenvalue weighted by atomic mass is 10.4. The van der Waals surface area contributed by atoms with Crippen LogP contribution in [-0.4, -0.2) is 35.4 Å². The first-order valence-corrected chi connectivity index (χ1v) is 4.99. The molecule has 0 saturated carbocycles. The molecule has 0 aliphatic carbocycles. The van der Waals surface area contributed by atoms with Gasteiger partial charge in [-0.1, -0.05) is 6.08 Å². The van der Waals surface area contributed by atoms with E-state index in [4.69, 9.17) is 0 Å². The maximum absolute atomic E-state index is 11.2. The molecule has 0 unspecified atom stereocenters. The van der Waals surface area contributed by atoms with Gasteiger partial charge in [-0.05, 0) is 13.0 Å². The first kappa shape index (κ1) is 8.65. The van der Waals surface area contributed by atoms with Crippen molar-refractivity contribution < 1.29 is 4.79 Å². The summed E-state index contributed by atoms with van der Waals surface area (Å²) in [6.07, 6.45) is 3.43. The van der Waals surface area contributed by atoms with Gasteiger partial charge in [-0.2, -0.15) is 11.8 Å². The van der Waals surface area contributed by atoms with Gasteiger partial charge in [0.15, 0.2) is 0 Å². The molecule has 1 aliphatic rings. The Hall–Kier alpha value is -0.440. The largest absolute Gasteiger partial charge is 0.338 e. The molecule has 0 spiro atoms. The zero-order valence-corrected chi connectivity index (χ0v) is 7.56. The average Bonchev–Trinajstić information content (AvgIpc) is 2.07. The first-order chi connectivity index (χ1) is 5.34. The second kappa shape index (κ2) is 4.44. The van der Waals surface area contributed by atoms with Crippen LogP contribution in [0.4, 0.5) is 0 Å². The highest BCUT2D eigenvalue weighted by molar-refractivity contribution is 7.99. The molecule has 0 aromatic rings. The number of thioether (sulfide) groups is 1. The molecule has 0 atom stereocenters. The Balaban J connectivity index is 2.38. The fourth-order valence-electron chi connectivity index (χ4n) is 1.03. The van der Waals surface area contributed by atoms with Crippen molar-refractivity contribution in [1.29, 1.82) is 0 Å². The Kier molecular flexibility index (Phi) is 3.49. The normalized spacial score (nSPS) is 19.2. The van der Waals surface area contributed by atoms with Crippen LogP contribution in [0.25, 0.3) is 0 Å². The van der Waals surface area contributed by atoms with Crippen molar-refractivity contribution in [2.45, 2.75) is 6.92 Å². The summed E-state index contributed by atoms with van der Waals surface area (Å²) in [7, 11) is 0. The molecule has 1 saturated heterocycles. The van der Waals surface area contributed by atoms with Gasteiger partial charge >= 0.3 is 0 Å². The molecule has 1 rings (SSSR count). The van der Waals surface area contributed by atoms with Gasteiger partial charge in [0.2, 0.25) is 5.91 Å². The molecule has 62 valence electrons. The smallest absolute Gasteiger partial charge is 0.246 e. The van der Waals surface area contributed by atoms with Gasteiger partial charge < -0.3 is 4.90 Å². The summed E-state index contributed by atoms with van der Waals surface area (Å²) in [5, 5.41) is 0. The fourth-order valence-corrected chi connectivity index (χ4v) is 1.93. The molecule has 1 aliphatic heterocycles. The summed E-state index contributed by atoms with van der Waals surface area (Å²) in [6.45, 7) is 3.69. The molecular weight excluding hydrogens is 158 g/mol. The van der Waals surface area contributed by atoms with E-state index in [9.17, 15) is 4.79 Å². The van der Waals surface area contributed by atoms with E-state index in [1.54, 1.807) is 12.2 Å². The van der Waals surface area contributed by atoms with Crippen LogP contribution < -0.4 is 0 Å². The molecule has 3 heteroatoms. The number of carbonyl (C=O) groups excluding carboxylic acids is 1. The van der Waals surface area contributed by atoms with Gasteiger partial charge in [0.1, 0.15) is 0 Å². The Morgan fingerprint density at radius 2 is 2.09 bits per heavy atom. The number of allylic oxidation sites excluding steroid dienone is 1. The molecule has 0 N–H and O–H groups in total. The van der Waals surface area contributed by atoms with Crippen molar-refractivity contribution in [3.05, 3.63) is 12.2 Å². The predicted octanol–water partition coefficient (Wildman–Crippen LogP) is 1.14. The molecular formula is C8H13NOS. The third kappa shape index (κ3) is 2.58. The van der Waals surface area contributed by atoms with E-state index in [1.807, 2.05) is 23.6 Å². The SMILES string of the molecule is C/C=C/C(=O)N1CCSCC1. The van der Waals surface area contributed by atoms with Gasteiger partial charge in [0, 0.05) is 24.6 Å². The fraction of sp³-hybridized carbons (Fsp3) is 0.625. The lowest BCUT2D eigenvalue weighted by molar-refractivity contribution is -0.125. The molecule has 0 bridgehead atoms. The molecule has 2 nitrogen and oxygen atoms in total. The lowest BCUT2D eigenvalue weighted by Crippen LogP contribution is -2.36. The maximum Gasteiger partial charge on any atom is 0.246 e. The summed E-state index contributed by atoms with van der Waals surface area (Å²) in [4.78, 5) is 13.1. The molecule has 11 heavy (non-hydrogen) atoms. The van der Waals surface area contributed by atoms with Gasteiger partial charge in [-0.15, -0.1) is 0 Å². The number of nitrogens with zero attached hydrogens (tertiary/aromatic N) is 1. The highest BCUT2D eigenvalue weighted by Crippen LogP contribution is 2.09. The molecule has 1 heterocycles. The third-order valence-electron chi connectivity index (χ3n) is 1.63. The van der Waals surface area contributed by atoms with E-state index in [0.717, 1.165) is 24.6 Å². The number of rotatable bonds is 1. The van der Waals surface area contributed by atoms with Crippen molar-refractivity contribution >= 4 is 17.7 Å². The maximum atomic E-state index is 11.2. The topological polar surface area (TPSA) is 20.3 Å². The highest BCUT2D eigenvalue weighted by atomic mass is 32.2. The average molecular weight is 171 g/mol. The standard InChI is InChI=1S/C8H13NOS/c1-2-3-8(10)9-4-6-11-7-5-9/h2-3H,4-7H2,1H3/b3-2+. The Labute approximate surface area is 71.6 Å². The predicted molar refractivity (Wildman–Crippen MR) is 48.7 cm³/mol. The monoisotopic (exact) mass is 171 g/mol. The van der Waals surface area contributed by atoms with Gasteiger partial charge in [0.25, 0.3) is 0 Å². The van der Waals surface area contributed by atoms with Crippen LogP contribution in [-0.2, 0) is 4.79 Å². The first-order valence-electron chi connectivity index (χ1n) is 3.84. The summed E-state index contributed by atoms with van der Waals surface area (Å²) >= 11 is 1.92. The summed E-state index contributed by atoms with van der Waals surface area (Å²) < 4.78 is 0. The minimum Gasteiger partial charge on any atom is -0.338 e. The molecule has 1 fully saturated rings. The quantitative estimate of drug-likeness (QED) is 0.551. The van der Waals surface area contributed by atoms with E-state index >= 15 is 0 Å². The lowest BCUT2D eigenvalue weighted by Gasteiger charge is -2.24. The van der Waals surface area contributed by atoms with Gasteiger partial charge in [-0.25, -0.2) is 0 Å². The number of amides is 1. The summed E-state index contributed by atoms with van der Waals surface area (Å²) in [6, 6.07) is 0. The second-order valence-electron chi connectivity index (χ2n) is 2.44. The van der Waals surface area contributed by atoms with E-state index in [2.05, 4.69) is 0 Å². The molecule has 1 amide bonds. The molecule has 0 aromatic heterocycles. The van der Waals surface area contributed by atoms with Crippen LogP contribution >= 0.6 is 11.8 Å². The van der Waals surface area contributed by atoms with Crippen LogP contribution in [0.15, 0.2) is 12.2 Å². The Morgan fingerprint density at radius 3 is 2.64 bits per heavy atom. The molecule has 0 radical (unpaired) electrons. The minimum absolute atomic E-state index is 0.160. The van der Waals surface area contributed by atoms with E-state index in [0.29, 0.717) is 0 Å². The number of hydrogen-bond acceptors (Lipinski definition) is 2. The van der Waals surface area contributed by atoms with Crippen LogP contribution in [0.5, 0.6) is 0 Å². The van der Waals surface area contributed by atoms with Crippen molar-refractivity contribution in [3.8, 4) is 0 Å². The second-order valence-corrected chi connectivity index (χ2v) is 3.66. The minimum atomic E-state index is 0.160. The number of carbonyl (C=O) groups is 1. The number of hydrogen-bond donors (Lipinski definition) is 0. The summed E-state index contributed by atoms with van der Waals surface area (Å²) in [5.41, 5.74) is 0. The van der Waals surface area contributed by atoms with Crippen molar-refractivity contribution in [2.75, 3.05) is 24.6 Å². The van der Waals surface area contributed by atoms with Crippen LogP contribution in [0.1, 0.15) is 6.92 Å². The van der Waals surface area contributed by atoms with E-state index in [1.165, 1.54) is 0 Å². The summed E-state index contributed by atoms with van der Waals surface area (Å²) in [5.74, 6) is 2.33. The van der Waals surface area contributed by atoms with E-state index < -0.39 is 0 Å².